The lowest BCUT2D eigenvalue weighted by molar-refractivity contribution is -0.0691. The first-order valence-electron chi connectivity index (χ1n) is 17.0. The second kappa shape index (κ2) is 12.4. The molecule has 0 radical (unpaired) electrons. The van der Waals surface area contributed by atoms with Crippen LogP contribution in [0.25, 0.3) is 11.1 Å². The molecule has 7 heterocycles. The predicted molar refractivity (Wildman–Crippen MR) is 183 cm³/mol. The number of aliphatic hydroxyl groups excluding tert-OH is 1. The summed E-state index contributed by atoms with van der Waals surface area (Å²) in [6, 6.07) is 11.1. The number of aryl methyl sites for hydroxylation is 2. The molecule has 2 saturated heterocycles. The fourth-order valence-corrected chi connectivity index (χ4v) is 7.95. The molecule has 0 bridgehead atoms. The van der Waals surface area contributed by atoms with Gasteiger partial charge in [0.1, 0.15) is 17.3 Å². The van der Waals surface area contributed by atoms with E-state index < -0.39 is 0 Å². The maximum absolute atomic E-state index is 13.3. The number of rotatable bonds is 7. The van der Waals surface area contributed by atoms with Crippen LogP contribution in [0.15, 0.2) is 53.7 Å². The maximum atomic E-state index is 13.3. The van der Waals surface area contributed by atoms with Crippen molar-refractivity contribution in [3.05, 3.63) is 81.8 Å². The highest BCUT2D eigenvalue weighted by molar-refractivity contribution is 5.75. The lowest BCUT2D eigenvalue weighted by Gasteiger charge is -2.46. The lowest BCUT2D eigenvalue weighted by Crippen LogP contribution is -2.59. The molecule has 1 aliphatic carbocycles. The Balaban J connectivity index is 1.02. The molecule has 2 fully saturated rings. The van der Waals surface area contributed by atoms with Gasteiger partial charge in [-0.2, -0.15) is 0 Å². The van der Waals surface area contributed by atoms with E-state index in [0.717, 1.165) is 80.7 Å². The van der Waals surface area contributed by atoms with Crippen molar-refractivity contribution in [1.29, 1.82) is 0 Å². The summed E-state index contributed by atoms with van der Waals surface area (Å²) in [7, 11) is 1.76. The van der Waals surface area contributed by atoms with Crippen molar-refractivity contribution in [2.24, 2.45) is 7.05 Å². The fraction of sp³-hybridized carbons (Fsp3) is 0.472. The summed E-state index contributed by atoms with van der Waals surface area (Å²) in [6.07, 6.45) is 10.4. The van der Waals surface area contributed by atoms with Gasteiger partial charge in [-0.25, -0.2) is 9.97 Å². The van der Waals surface area contributed by atoms with Crippen molar-refractivity contribution >= 4 is 23.0 Å². The van der Waals surface area contributed by atoms with Crippen LogP contribution in [0.5, 0.6) is 0 Å². The third-order valence-electron chi connectivity index (χ3n) is 10.6. The van der Waals surface area contributed by atoms with E-state index >= 15 is 0 Å². The summed E-state index contributed by atoms with van der Waals surface area (Å²) < 4.78 is 9.49. The van der Waals surface area contributed by atoms with Crippen molar-refractivity contribution in [1.82, 2.24) is 24.0 Å². The summed E-state index contributed by atoms with van der Waals surface area (Å²) in [5.41, 5.74) is 8.16. The maximum Gasteiger partial charge on any atom is 0.274 e. The van der Waals surface area contributed by atoms with Gasteiger partial charge >= 0.3 is 0 Å². The number of nitrogens with zero attached hydrogens (tertiary/aromatic N) is 7. The van der Waals surface area contributed by atoms with E-state index in [2.05, 4.69) is 43.6 Å². The minimum absolute atomic E-state index is 0.148. The van der Waals surface area contributed by atoms with Gasteiger partial charge in [0, 0.05) is 80.7 Å². The molecule has 4 aromatic heterocycles. The normalized spacial score (nSPS) is 20.1. The van der Waals surface area contributed by atoms with Crippen LogP contribution in [0.1, 0.15) is 42.3 Å². The molecule has 0 aromatic carbocycles. The molecule has 11 nitrogen and oxygen atoms in total. The molecular weight excluding hydrogens is 592 g/mol. The second-order valence-electron chi connectivity index (χ2n) is 13.5. The highest BCUT2D eigenvalue weighted by Crippen LogP contribution is 2.34. The first-order chi connectivity index (χ1) is 23.0. The first kappa shape index (κ1) is 30.2. The van der Waals surface area contributed by atoms with Gasteiger partial charge in [-0.05, 0) is 74.1 Å². The van der Waals surface area contributed by atoms with Gasteiger partial charge in [0.05, 0.1) is 44.3 Å². The van der Waals surface area contributed by atoms with Gasteiger partial charge in [-0.1, -0.05) is 0 Å². The summed E-state index contributed by atoms with van der Waals surface area (Å²) in [6.45, 7) is 9.29. The number of nitrogens with one attached hydrogen (secondary N) is 1. The Morgan fingerprint density at radius 1 is 1.04 bits per heavy atom. The highest BCUT2D eigenvalue weighted by Gasteiger charge is 2.32. The monoisotopic (exact) mass is 636 g/mol. The van der Waals surface area contributed by atoms with Gasteiger partial charge in [-0.3, -0.25) is 9.69 Å². The standard InChI is InChI=1S/C36H44N8O3/c1-24-18-41(29-22-47-23-29)11-13-43(24)27-7-8-34(38-17-27)39-32-16-26(19-40(2)36(32)46)30-9-10-37-35(31(30)21-45)42-12-14-44-28(20-42)15-25-5-3-4-6-33(25)44/h7-10,15-17,19,24,29,45H,3-6,11-14,18,20-23H2,1-2H3,(H,38,39). The Hall–Kier alpha value is -4.19. The third kappa shape index (κ3) is 5.60. The summed E-state index contributed by atoms with van der Waals surface area (Å²) in [4.78, 5) is 30.0. The molecule has 2 N–H and O–H groups in total. The van der Waals surface area contributed by atoms with E-state index in [-0.39, 0.29) is 12.2 Å². The average molecular weight is 637 g/mol. The number of aromatic nitrogens is 4. The Morgan fingerprint density at radius 3 is 2.68 bits per heavy atom. The number of ether oxygens (including phenoxy) is 1. The lowest BCUT2D eigenvalue weighted by atomic mass is 9.98. The molecule has 11 heteroatoms. The van der Waals surface area contributed by atoms with E-state index in [9.17, 15) is 9.90 Å². The van der Waals surface area contributed by atoms with Crippen molar-refractivity contribution in [2.75, 3.05) is 54.5 Å². The van der Waals surface area contributed by atoms with Crippen molar-refractivity contribution in [2.45, 2.75) is 64.4 Å². The third-order valence-corrected chi connectivity index (χ3v) is 10.6. The van der Waals surface area contributed by atoms with Crippen LogP contribution in [-0.4, -0.2) is 80.6 Å². The van der Waals surface area contributed by atoms with Crippen LogP contribution < -0.4 is 20.7 Å². The molecule has 0 saturated carbocycles. The molecule has 246 valence electrons. The molecule has 0 spiro atoms. The summed E-state index contributed by atoms with van der Waals surface area (Å²) in [5, 5.41) is 14.0. The van der Waals surface area contributed by atoms with Crippen LogP contribution in [-0.2, 0) is 44.3 Å². The van der Waals surface area contributed by atoms with Crippen LogP contribution in [0.4, 0.5) is 23.0 Å². The van der Waals surface area contributed by atoms with Crippen LogP contribution in [0, 0.1) is 0 Å². The van der Waals surface area contributed by atoms with Gasteiger partial charge in [0.25, 0.3) is 5.56 Å². The molecule has 1 unspecified atom stereocenters. The number of hydrogen-bond acceptors (Lipinski definition) is 9. The number of piperazine rings is 1. The highest BCUT2D eigenvalue weighted by atomic mass is 16.5. The van der Waals surface area contributed by atoms with Crippen molar-refractivity contribution in [3.63, 3.8) is 0 Å². The SMILES string of the molecule is CC1CN(C2COC2)CCN1c1ccc(Nc2cc(-c3ccnc(N4CCn5c(cc6c5CCCC6)C4)c3CO)cn(C)c2=O)nc1. The van der Waals surface area contributed by atoms with E-state index in [1.807, 2.05) is 36.8 Å². The zero-order valence-electron chi connectivity index (χ0n) is 27.4. The van der Waals surface area contributed by atoms with Gasteiger partial charge in [0.2, 0.25) is 0 Å². The van der Waals surface area contributed by atoms with E-state index in [0.29, 0.717) is 23.6 Å². The summed E-state index contributed by atoms with van der Waals surface area (Å²) in [5.74, 6) is 1.41. The molecule has 1 atom stereocenters. The predicted octanol–water partition coefficient (Wildman–Crippen LogP) is 3.69. The Labute approximate surface area is 275 Å². The molecule has 47 heavy (non-hydrogen) atoms. The molecule has 4 aliphatic rings. The largest absolute Gasteiger partial charge is 0.392 e. The smallest absolute Gasteiger partial charge is 0.274 e. The molecule has 0 amide bonds. The van der Waals surface area contributed by atoms with Gasteiger partial charge < -0.3 is 34.1 Å². The zero-order valence-corrected chi connectivity index (χ0v) is 27.4. The zero-order chi connectivity index (χ0) is 32.1. The Kier molecular flexibility index (Phi) is 7.98. The van der Waals surface area contributed by atoms with Gasteiger partial charge in [-0.15, -0.1) is 0 Å². The van der Waals surface area contributed by atoms with Crippen molar-refractivity contribution < 1.29 is 9.84 Å². The van der Waals surface area contributed by atoms with Gasteiger partial charge in [0.15, 0.2) is 0 Å². The molecule has 8 rings (SSSR count). The number of aliphatic hydroxyl groups is 1. The minimum Gasteiger partial charge on any atom is -0.392 e. The first-order valence-corrected chi connectivity index (χ1v) is 17.0. The minimum atomic E-state index is -0.151. The van der Waals surface area contributed by atoms with E-state index in [1.54, 1.807) is 11.6 Å². The summed E-state index contributed by atoms with van der Waals surface area (Å²) >= 11 is 0. The molecule has 4 aromatic rings. The van der Waals surface area contributed by atoms with E-state index in [1.165, 1.54) is 42.6 Å². The number of pyridine rings is 3. The van der Waals surface area contributed by atoms with Crippen molar-refractivity contribution in [3.8, 4) is 11.1 Å². The Morgan fingerprint density at radius 2 is 1.91 bits per heavy atom. The number of hydrogen-bond donors (Lipinski definition) is 2. The number of anilines is 4. The Bertz CT molecular complexity index is 1830. The second-order valence-corrected chi connectivity index (χ2v) is 13.5. The number of fused-ring (bicyclic) bond motifs is 3. The fourth-order valence-electron chi connectivity index (χ4n) is 7.95. The van der Waals surface area contributed by atoms with Crippen LogP contribution in [0.2, 0.25) is 0 Å². The average Bonchev–Trinajstić information content (AvgIpc) is 3.44. The topological polar surface area (TPSA) is 104 Å². The van der Waals surface area contributed by atoms with Crippen LogP contribution in [0.3, 0.4) is 0 Å². The van der Waals surface area contributed by atoms with E-state index in [4.69, 9.17) is 14.7 Å². The molecule has 3 aliphatic heterocycles. The molecular formula is C36H44N8O3. The van der Waals surface area contributed by atoms with Crippen LogP contribution >= 0.6 is 0 Å². The quantitative estimate of drug-likeness (QED) is 0.315.